The van der Waals surface area contributed by atoms with Crippen molar-refractivity contribution in [2.45, 2.75) is 32.0 Å². The predicted octanol–water partition coefficient (Wildman–Crippen LogP) is 3.31. The van der Waals surface area contributed by atoms with Crippen molar-refractivity contribution in [3.8, 4) is 5.75 Å². The molecule has 0 heterocycles. The maximum Gasteiger partial charge on any atom is 0.235 e. The summed E-state index contributed by atoms with van der Waals surface area (Å²) in [5.74, 6) is 1.03. The number of hydrogen-bond donors (Lipinski definition) is 0. The highest BCUT2D eigenvalue weighted by atomic mass is 79.9. The molecule has 0 spiro atoms. The Hall–Kier alpha value is -1.03. The zero-order valence-corrected chi connectivity index (χ0v) is 13.7. The van der Waals surface area contributed by atoms with Gasteiger partial charge in [0.25, 0.3) is 0 Å². The van der Waals surface area contributed by atoms with Gasteiger partial charge in [0.15, 0.2) is 0 Å². The lowest BCUT2D eigenvalue weighted by Crippen LogP contribution is -2.33. The Labute approximate surface area is 124 Å². The van der Waals surface area contributed by atoms with Gasteiger partial charge in [-0.1, -0.05) is 33.6 Å². The van der Waals surface area contributed by atoms with Crippen LogP contribution in [0.1, 0.15) is 24.5 Å². The number of rotatable bonds is 6. The molecule has 3 nitrogen and oxygen atoms in total. The van der Waals surface area contributed by atoms with E-state index >= 15 is 0 Å². The molecule has 4 heteroatoms. The molecule has 0 aromatic heterocycles. The summed E-state index contributed by atoms with van der Waals surface area (Å²) in [5, 5.41) is 0. The first kappa shape index (κ1) is 16.0. The number of alkyl halides is 1. The van der Waals surface area contributed by atoms with Gasteiger partial charge in [-0.25, -0.2) is 0 Å². The second-order valence-electron chi connectivity index (χ2n) is 4.85. The second-order valence-corrected chi connectivity index (χ2v) is 6.22. The van der Waals surface area contributed by atoms with Gasteiger partial charge in [-0.3, -0.25) is 4.79 Å². The van der Waals surface area contributed by atoms with Crippen molar-refractivity contribution in [2.24, 2.45) is 0 Å². The number of carbonyl (C=O) groups is 1. The van der Waals surface area contributed by atoms with Crippen LogP contribution in [-0.4, -0.2) is 35.8 Å². The lowest BCUT2D eigenvalue weighted by atomic mass is 10.1. The van der Waals surface area contributed by atoms with E-state index in [2.05, 4.69) is 28.9 Å². The fourth-order valence-electron chi connectivity index (χ4n) is 1.86. The Morgan fingerprint density at radius 3 is 2.68 bits per heavy atom. The van der Waals surface area contributed by atoms with Crippen molar-refractivity contribution in [3.05, 3.63) is 29.3 Å². The number of ether oxygens (including phenoxy) is 1. The van der Waals surface area contributed by atoms with Crippen molar-refractivity contribution < 1.29 is 9.53 Å². The van der Waals surface area contributed by atoms with Crippen LogP contribution in [0.15, 0.2) is 18.2 Å². The Morgan fingerprint density at radius 2 is 2.11 bits per heavy atom. The standard InChI is InChI=1S/C15H22BrNO2/c1-11-6-7-14(12(2)10-11)19-9-5-8-17(4)15(18)13(3)16/h6-7,10,13H,5,8-9H2,1-4H3. The quantitative estimate of drug-likeness (QED) is 0.592. The fourth-order valence-corrected chi connectivity index (χ4v) is 2.21. The summed E-state index contributed by atoms with van der Waals surface area (Å²) in [6.45, 7) is 7.28. The first-order valence-corrected chi connectivity index (χ1v) is 7.42. The first-order valence-electron chi connectivity index (χ1n) is 6.51. The van der Waals surface area contributed by atoms with Gasteiger partial charge in [0.05, 0.1) is 11.4 Å². The number of halogens is 1. The smallest absolute Gasteiger partial charge is 0.235 e. The summed E-state index contributed by atoms with van der Waals surface area (Å²) in [6, 6.07) is 6.15. The Balaban J connectivity index is 2.33. The van der Waals surface area contributed by atoms with Crippen LogP contribution in [0.2, 0.25) is 0 Å². The van der Waals surface area contributed by atoms with Gasteiger partial charge in [0, 0.05) is 13.6 Å². The molecule has 19 heavy (non-hydrogen) atoms. The molecule has 0 N–H and O–H groups in total. The van der Waals surface area contributed by atoms with Crippen LogP contribution in [0.25, 0.3) is 0 Å². The zero-order valence-electron chi connectivity index (χ0n) is 12.1. The summed E-state index contributed by atoms with van der Waals surface area (Å²) in [7, 11) is 1.82. The van der Waals surface area contributed by atoms with Gasteiger partial charge in [-0.2, -0.15) is 0 Å². The van der Waals surface area contributed by atoms with Gasteiger partial charge in [0.2, 0.25) is 5.91 Å². The van der Waals surface area contributed by atoms with Crippen LogP contribution in [-0.2, 0) is 4.79 Å². The highest BCUT2D eigenvalue weighted by Gasteiger charge is 2.13. The van der Waals surface area contributed by atoms with Gasteiger partial charge in [0.1, 0.15) is 5.75 Å². The molecule has 0 fully saturated rings. The Morgan fingerprint density at radius 1 is 1.42 bits per heavy atom. The number of nitrogens with zero attached hydrogens (tertiary/aromatic N) is 1. The topological polar surface area (TPSA) is 29.5 Å². The van der Waals surface area contributed by atoms with Gasteiger partial charge in [-0.15, -0.1) is 0 Å². The molecule has 0 saturated carbocycles. The van der Waals surface area contributed by atoms with E-state index in [-0.39, 0.29) is 10.7 Å². The molecule has 0 saturated heterocycles. The molecular formula is C15H22BrNO2. The zero-order chi connectivity index (χ0) is 14.4. The minimum Gasteiger partial charge on any atom is -0.493 e. The highest BCUT2D eigenvalue weighted by molar-refractivity contribution is 9.10. The number of benzene rings is 1. The third-order valence-corrected chi connectivity index (χ3v) is 3.33. The van der Waals surface area contributed by atoms with E-state index in [1.807, 2.05) is 33.0 Å². The molecule has 0 aliphatic heterocycles. The van der Waals surface area contributed by atoms with Gasteiger partial charge < -0.3 is 9.64 Å². The minimum atomic E-state index is -0.127. The molecule has 0 radical (unpaired) electrons. The van der Waals surface area contributed by atoms with Gasteiger partial charge in [-0.05, 0) is 38.8 Å². The van der Waals surface area contributed by atoms with Crippen molar-refractivity contribution in [1.82, 2.24) is 4.90 Å². The predicted molar refractivity (Wildman–Crippen MR) is 82.1 cm³/mol. The van der Waals surface area contributed by atoms with Crippen molar-refractivity contribution in [2.75, 3.05) is 20.2 Å². The lowest BCUT2D eigenvalue weighted by Gasteiger charge is -2.18. The van der Waals surface area contributed by atoms with Crippen LogP contribution in [0.5, 0.6) is 5.75 Å². The first-order chi connectivity index (χ1) is 8.91. The summed E-state index contributed by atoms with van der Waals surface area (Å²) < 4.78 is 5.73. The van der Waals surface area contributed by atoms with E-state index in [0.717, 1.165) is 17.7 Å². The molecule has 1 atom stereocenters. The summed E-state index contributed by atoms with van der Waals surface area (Å²) in [4.78, 5) is 13.2. The average Bonchev–Trinajstić information content (AvgIpc) is 2.35. The molecule has 0 bridgehead atoms. The molecule has 0 aliphatic rings. The molecule has 1 rings (SSSR count). The summed E-state index contributed by atoms with van der Waals surface area (Å²) in [6.07, 6.45) is 0.829. The average molecular weight is 328 g/mol. The molecule has 1 amide bonds. The van der Waals surface area contributed by atoms with Crippen LogP contribution < -0.4 is 4.74 Å². The molecule has 1 unspecified atom stereocenters. The fraction of sp³-hybridized carbons (Fsp3) is 0.533. The number of aryl methyl sites for hydroxylation is 2. The van der Waals surface area contributed by atoms with Crippen LogP contribution >= 0.6 is 15.9 Å². The minimum absolute atomic E-state index is 0.103. The molecule has 1 aromatic carbocycles. The number of carbonyl (C=O) groups excluding carboxylic acids is 1. The third-order valence-electron chi connectivity index (χ3n) is 2.94. The van der Waals surface area contributed by atoms with E-state index in [1.54, 1.807) is 4.90 Å². The molecule has 106 valence electrons. The van der Waals surface area contributed by atoms with Crippen LogP contribution in [0.4, 0.5) is 0 Å². The summed E-state index contributed by atoms with van der Waals surface area (Å²) in [5.41, 5.74) is 2.39. The molecule has 0 aliphatic carbocycles. The second kappa shape index (κ2) is 7.53. The van der Waals surface area contributed by atoms with Crippen LogP contribution in [0, 0.1) is 13.8 Å². The maximum atomic E-state index is 11.6. The molecule has 1 aromatic rings. The SMILES string of the molecule is Cc1ccc(OCCCN(C)C(=O)C(C)Br)c(C)c1. The number of amides is 1. The normalized spacial score (nSPS) is 12.1. The Bertz CT molecular complexity index is 432. The Kier molecular flexibility index (Phi) is 6.35. The van der Waals surface area contributed by atoms with E-state index in [9.17, 15) is 4.79 Å². The number of hydrogen-bond acceptors (Lipinski definition) is 2. The summed E-state index contributed by atoms with van der Waals surface area (Å²) >= 11 is 3.28. The lowest BCUT2D eigenvalue weighted by molar-refractivity contribution is -0.128. The largest absolute Gasteiger partial charge is 0.493 e. The van der Waals surface area contributed by atoms with Crippen molar-refractivity contribution in [3.63, 3.8) is 0 Å². The molecular weight excluding hydrogens is 306 g/mol. The van der Waals surface area contributed by atoms with E-state index in [4.69, 9.17) is 4.74 Å². The monoisotopic (exact) mass is 327 g/mol. The van der Waals surface area contributed by atoms with E-state index in [1.165, 1.54) is 5.56 Å². The van der Waals surface area contributed by atoms with Crippen molar-refractivity contribution >= 4 is 21.8 Å². The van der Waals surface area contributed by atoms with E-state index in [0.29, 0.717) is 13.2 Å². The maximum absolute atomic E-state index is 11.6. The van der Waals surface area contributed by atoms with E-state index < -0.39 is 0 Å². The van der Waals surface area contributed by atoms with Crippen LogP contribution in [0.3, 0.4) is 0 Å². The van der Waals surface area contributed by atoms with Gasteiger partial charge >= 0.3 is 0 Å². The van der Waals surface area contributed by atoms with Crippen molar-refractivity contribution in [1.29, 1.82) is 0 Å². The third kappa shape index (κ3) is 5.23. The highest BCUT2D eigenvalue weighted by Crippen LogP contribution is 2.18.